The molecular weight excluding hydrogens is 580 g/mol. The van der Waals surface area contributed by atoms with E-state index in [4.69, 9.17) is 9.47 Å². The molecule has 0 saturated heterocycles. The topological polar surface area (TPSA) is 126 Å². The summed E-state index contributed by atoms with van der Waals surface area (Å²) in [6.45, 7) is 4.85. The molecule has 0 radical (unpaired) electrons. The molecule has 2 N–H and O–H groups in total. The Balaban J connectivity index is 1.57. The van der Waals surface area contributed by atoms with Crippen molar-refractivity contribution in [3.63, 3.8) is 0 Å². The number of hydrazone groups is 1. The molecule has 4 rings (SSSR count). The summed E-state index contributed by atoms with van der Waals surface area (Å²) >= 11 is 0. The molecule has 10 nitrogen and oxygen atoms in total. The van der Waals surface area contributed by atoms with Gasteiger partial charge in [-0.2, -0.15) is 5.10 Å². The monoisotopic (exact) mass is 614 g/mol. The fraction of sp³-hybridized carbons (Fsp3) is 0.182. The van der Waals surface area contributed by atoms with Crippen molar-refractivity contribution in [2.24, 2.45) is 5.10 Å². The summed E-state index contributed by atoms with van der Waals surface area (Å²) in [5.74, 6) is -0.301. The summed E-state index contributed by atoms with van der Waals surface area (Å²) < 4.78 is 39.4. The van der Waals surface area contributed by atoms with Crippen molar-refractivity contribution in [3.8, 4) is 11.5 Å². The van der Waals surface area contributed by atoms with Crippen LogP contribution in [-0.2, 0) is 14.8 Å². The minimum Gasteiger partial charge on any atom is -0.493 e. The molecule has 4 aromatic carbocycles. The first-order valence-electron chi connectivity index (χ1n) is 13.6. The molecule has 0 aromatic heterocycles. The molecule has 0 aliphatic heterocycles. The molecule has 11 heteroatoms. The van der Waals surface area contributed by atoms with Crippen LogP contribution < -0.4 is 24.5 Å². The van der Waals surface area contributed by atoms with Gasteiger partial charge in [-0.15, -0.1) is 0 Å². The first kappa shape index (κ1) is 31.8. The third-order valence-electron chi connectivity index (χ3n) is 6.65. The Hall–Kier alpha value is -5.16. The summed E-state index contributed by atoms with van der Waals surface area (Å²) in [4.78, 5) is 25.7. The van der Waals surface area contributed by atoms with E-state index in [9.17, 15) is 18.0 Å². The van der Waals surface area contributed by atoms with E-state index < -0.39 is 22.5 Å². The van der Waals surface area contributed by atoms with Crippen molar-refractivity contribution < 1.29 is 27.5 Å². The van der Waals surface area contributed by atoms with Crippen LogP contribution in [0.4, 0.5) is 11.4 Å². The number of anilines is 2. The van der Waals surface area contributed by atoms with Gasteiger partial charge in [0.05, 0.1) is 30.5 Å². The Morgan fingerprint density at radius 3 is 2.11 bits per heavy atom. The van der Waals surface area contributed by atoms with Crippen molar-refractivity contribution in [3.05, 3.63) is 113 Å². The van der Waals surface area contributed by atoms with E-state index in [1.54, 1.807) is 67.6 Å². The van der Waals surface area contributed by atoms with Gasteiger partial charge in [-0.3, -0.25) is 13.9 Å². The van der Waals surface area contributed by atoms with Crippen LogP contribution in [0.15, 0.2) is 101 Å². The maximum atomic E-state index is 13.9. The highest BCUT2D eigenvalue weighted by Crippen LogP contribution is 2.32. The molecule has 0 saturated carbocycles. The third kappa shape index (κ3) is 7.61. The van der Waals surface area contributed by atoms with E-state index >= 15 is 0 Å². The second-order valence-corrected chi connectivity index (χ2v) is 11.9. The van der Waals surface area contributed by atoms with Crippen LogP contribution in [0.5, 0.6) is 11.5 Å². The second-order valence-electron chi connectivity index (χ2n) is 10.0. The van der Waals surface area contributed by atoms with Crippen LogP contribution in [0, 0.1) is 13.8 Å². The van der Waals surface area contributed by atoms with Gasteiger partial charge in [0.25, 0.3) is 21.8 Å². The number of aryl methyl sites for hydroxylation is 2. The molecule has 44 heavy (non-hydrogen) atoms. The van der Waals surface area contributed by atoms with E-state index in [1.165, 1.54) is 32.4 Å². The number of rotatable bonds is 11. The van der Waals surface area contributed by atoms with Crippen molar-refractivity contribution in [1.82, 2.24) is 5.43 Å². The third-order valence-corrected chi connectivity index (χ3v) is 8.42. The molecule has 0 atom stereocenters. The number of carbonyl (C=O) groups is 2. The molecule has 0 fully saturated rings. The summed E-state index contributed by atoms with van der Waals surface area (Å²) in [7, 11) is -1.35. The van der Waals surface area contributed by atoms with Gasteiger partial charge < -0.3 is 14.8 Å². The van der Waals surface area contributed by atoms with Gasteiger partial charge in [0.15, 0.2) is 11.5 Å². The lowest BCUT2D eigenvalue weighted by atomic mass is 10.1. The quantitative estimate of drug-likeness (QED) is 0.174. The average Bonchev–Trinajstić information content (AvgIpc) is 3.02. The Morgan fingerprint density at radius 1 is 0.795 bits per heavy atom. The minimum atomic E-state index is -4.22. The van der Waals surface area contributed by atoms with Crippen LogP contribution in [0.3, 0.4) is 0 Å². The Kier molecular flexibility index (Phi) is 10.0. The highest BCUT2D eigenvalue weighted by atomic mass is 32.2. The van der Waals surface area contributed by atoms with Gasteiger partial charge >= 0.3 is 0 Å². The van der Waals surface area contributed by atoms with Gasteiger partial charge in [0.2, 0.25) is 0 Å². The molecule has 0 aliphatic rings. The Morgan fingerprint density at radius 2 is 1.45 bits per heavy atom. The SMILES string of the molecule is COc1ccc(S(=O)(=O)N(CC(=O)N/N=C(/C)c2cccc(NC(=O)c3ccccc3)c2)c2cc(C)cc(C)c2)cc1OC. The predicted octanol–water partition coefficient (Wildman–Crippen LogP) is 5.31. The Labute approximate surface area is 257 Å². The van der Waals surface area contributed by atoms with Crippen LogP contribution in [0.25, 0.3) is 0 Å². The van der Waals surface area contributed by atoms with Crippen LogP contribution in [0.1, 0.15) is 34.0 Å². The number of sulfonamides is 1. The molecule has 0 aliphatic carbocycles. The smallest absolute Gasteiger partial charge is 0.264 e. The van der Waals surface area contributed by atoms with E-state index in [2.05, 4.69) is 15.8 Å². The molecule has 4 aromatic rings. The number of hydrogen-bond acceptors (Lipinski definition) is 7. The highest BCUT2D eigenvalue weighted by molar-refractivity contribution is 7.92. The van der Waals surface area contributed by atoms with Crippen LogP contribution in [0.2, 0.25) is 0 Å². The summed E-state index contributed by atoms with van der Waals surface area (Å²) in [5.41, 5.74) is 6.65. The molecule has 0 bridgehead atoms. The van der Waals surface area contributed by atoms with Gasteiger partial charge in [0, 0.05) is 17.3 Å². The number of hydrogen-bond donors (Lipinski definition) is 2. The number of carbonyl (C=O) groups excluding carboxylic acids is 2. The first-order chi connectivity index (χ1) is 21.0. The molecular formula is C33H34N4O6S. The van der Waals surface area contributed by atoms with Crippen LogP contribution in [-0.4, -0.2) is 46.7 Å². The van der Waals surface area contributed by atoms with E-state index in [0.717, 1.165) is 15.4 Å². The normalized spacial score (nSPS) is 11.4. The lowest BCUT2D eigenvalue weighted by Gasteiger charge is -2.25. The number of ether oxygens (including phenoxy) is 2. The predicted molar refractivity (Wildman–Crippen MR) is 171 cm³/mol. The van der Waals surface area contributed by atoms with Gasteiger partial charge in [0.1, 0.15) is 6.54 Å². The van der Waals surface area contributed by atoms with Crippen LogP contribution >= 0.6 is 0 Å². The zero-order valence-electron chi connectivity index (χ0n) is 25.1. The van der Waals surface area contributed by atoms with E-state index in [-0.39, 0.29) is 16.6 Å². The highest BCUT2D eigenvalue weighted by Gasteiger charge is 2.29. The number of nitrogens with one attached hydrogen (secondary N) is 2. The number of benzene rings is 4. The minimum absolute atomic E-state index is 0.0730. The number of amides is 2. The van der Waals surface area contributed by atoms with E-state index in [1.807, 2.05) is 26.0 Å². The largest absolute Gasteiger partial charge is 0.493 e. The zero-order chi connectivity index (χ0) is 31.9. The van der Waals surface area contributed by atoms with Gasteiger partial charge in [-0.05, 0) is 86.0 Å². The molecule has 0 spiro atoms. The van der Waals surface area contributed by atoms with E-state index in [0.29, 0.717) is 34.0 Å². The van der Waals surface area contributed by atoms with Gasteiger partial charge in [-0.1, -0.05) is 36.4 Å². The fourth-order valence-corrected chi connectivity index (χ4v) is 5.93. The summed E-state index contributed by atoms with van der Waals surface area (Å²) in [6, 6.07) is 25.4. The second kappa shape index (κ2) is 13.9. The fourth-order valence-electron chi connectivity index (χ4n) is 4.51. The van der Waals surface area contributed by atoms with Crippen molar-refractivity contribution >= 4 is 38.9 Å². The molecule has 0 heterocycles. The summed E-state index contributed by atoms with van der Waals surface area (Å²) in [6.07, 6.45) is 0. The number of methoxy groups -OCH3 is 2. The number of nitrogens with zero attached hydrogens (tertiary/aromatic N) is 2. The zero-order valence-corrected chi connectivity index (χ0v) is 25.9. The maximum Gasteiger partial charge on any atom is 0.264 e. The molecule has 2 amide bonds. The lowest BCUT2D eigenvalue weighted by molar-refractivity contribution is -0.119. The lowest BCUT2D eigenvalue weighted by Crippen LogP contribution is -2.39. The molecule has 0 unspecified atom stereocenters. The Bertz CT molecular complexity index is 1790. The average molecular weight is 615 g/mol. The maximum absolute atomic E-state index is 13.9. The van der Waals surface area contributed by atoms with Crippen molar-refractivity contribution in [2.45, 2.75) is 25.7 Å². The first-order valence-corrected chi connectivity index (χ1v) is 15.1. The van der Waals surface area contributed by atoms with Crippen molar-refractivity contribution in [2.75, 3.05) is 30.4 Å². The standard InChI is InChI=1S/C33H34N4O6S/c1-22-16-23(2)18-28(17-22)37(44(40,41)29-14-15-30(42-4)31(20-29)43-5)21-32(38)36-35-24(3)26-12-9-13-27(19-26)34-33(39)25-10-7-6-8-11-25/h6-20H,21H2,1-5H3,(H,34,39)(H,36,38)/b35-24-. The van der Waals surface area contributed by atoms with Crippen molar-refractivity contribution in [1.29, 1.82) is 0 Å². The molecule has 228 valence electrons. The van der Waals surface area contributed by atoms with Gasteiger partial charge in [-0.25, -0.2) is 13.8 Å². The summed E-state index contributed by atoms with van der Waals surface area (Å²) in [5, 5.41) is 7.05.